The fourth-order valence-electron chi connectivity index (χ4n) is 1.76. The van der Waals surface area contributed by atoms with Crippen molar-refractivity contribution in [1.82, 2.24) is 9.80 Å². The van der Waals surface area contributed by atoms with E-state index in [4.69, 9.17) is 0 Å². The summed E-state index contributed by atoms with van der Waals surface area (Å²) in [5, 5.41) is 0. The fraction of sp³-hybridized carbons (Fsp3) is 0.250. The number of rotatable bonds is 1. The quantitative estimate of drug-likeness (QED) is 0.685. The number of urea groups is 1. The summed E-state index contributed by atoms with van der Waals surface area (Å²) in [6.07, 6.45) is 3.84. The maximum atomic E-state index is 11.7. The van der Waals surface area contributed by atoms with Crippen LogP contribution in [0.5, 0.6) is 0 Å². The summed E-state index contributed by atoms with van der Waals surface area (Å²) in [6, 6.07) is 10.1. The van der Waals surface area contributed by atoms with E-state index in [0.717, 1.165) is 5.56 Å². The minimum atomic E-state index is 0.0198. The molecule has 1 aliphatic heterocycles. The van der Waals surface area contributed by atoms with Gasteiger partial charge < -0.3 is 9.80 Å². The number of hydrogen-bond donors (Lipinski definition) is 0. The summed E-state index contributed by atoms with van der Waals surface area (Å²) in [5.74, 6) is 0. The molecule has 1 unspecified atom stereocenters. The Morgan fingerprint density at radius 1 is 1.13 bits per heavy atom. The Morgan fingerprint density at radius 2 is 1.80 bits per heavy atom. The summed E-state index contributed by atoms with van der Waals surface area (Å²) in [7, 11) is 3.58. The fourth-order valence-corrected chi connectivity index (χ4v) is 1.76. The molecule has 0 saturated heterocycles. The average Bonchev–Trinajstić information content (AvgIpc) is 2.27. The lowest BCUT2D eigenvalue weighted by atomic mass is 10.1. The molecule has 3 heteroatoms. The monoisotopic (exact) mass is 202 g/mol. The van der Waals surface area contributed by atoms with Gasteiger partial charge in [0.2, 0.25) is 0 Å². The van der Waals surface area contributed by atoms with Crippen LogP contribution in [0.1, 0.15) is 11.6 Å². The average molecular weight is 202 g/mol. The van der Waals surface area contributed by atoms with Crippen LogP contribution in [-0.4, -0.2) is 29.9 Å². The number of nitrogens with zero attached hydrogens (tertiary/aromatic N) is 2. The number of benzene rings is 1. The lowest BCUT2D eigenvalue weighted by Gasteiger charge is -2.33. The molecule has 0 aromatic heterocycles. The van der Waals surface area contributed by atoms with Crippen LogP contribution in [0.2, 0.25) is 0 Å². The lowest BCUT2D eigenvalue weighted by Crippen LogP contribution is -2.41. The van der Waals surface area contributed by atoms with Gasteiger partial charge in [-0.1, -0.05) is 30.3 Å². The highest BCUT2D eigenvalue weighted by Gasteiger charge is 2.24. The summed E-state index contributed by atoms with van der Waals surface area (Å²) in [4.78, 5) is 15.0. The molecule has 0 saturated carbocycles. The SMILES string of the molecule is CN1C=CC(c2ccccc2)N(C)C1=O. The Kier molecular flexibility index (Phi) is 2.46. The zero-order valence-corrected chi connectivity index (χ0v) is 8.92. The largest absolute Gasteiger partial charge is 0.324 e. The van der Waals surface area contributed by atoms with E-state index < -0.39 is 0 Å². The smallest absolute Gasteiger partial charge is 0.317 e. The predicted octanol–water partition coefficient (Wildman–Crippen LogP) is 2.24. The third-order valence-electron chi connectivity index (χ3n) is 2.65. The predicted molar refractivity (Wildman–Crippen MR) is 59.2 cm³/mol. The van der Waals surface area contributed by atoms with E-state index in [1.165, 1.54) is 0 Å². The third-order valence-corrected chi connectivity index (χ3v) is 2.65. The van der Waals surface area contributed by atoms with E-state index in [9.17, 15) is 4.79 Å². The number of carbonyl (C=O) groups excluding carboxylic acids is 1. The summed E-state index contributed by atoms with van der Waals surface area (Å²) < 4.78 is 0. The Morgan fingerprint density at radius 3 is 2.47 bits per heavy atom. The maximum Gasteiger partial charge on any atom is 0.324 e. The molecule has 2 rings (SSSR count). The van der Waals surface area contributed by atoms with Gasteiger partial charge in [-0.05, 0) is 11.6 Å². The molecule has 0 aliphatic carbocycles. The van der Waals surface area contributed by atoms with E-state index in [1.54, 1.807) is 16.8 Å². The Balaban J connectivity index is 2.32. The van der Waals surface area contributed by atoms with Crippen LogP contribution in [-0.2, 0) is 0 Å². The number of amides is 2. The normalized spacial score (nSPS) is 20.9. The molecular formula is C12H14N2O. The van der Waals surface area contributed by atoms with Crippen molar-refractivity contribution >= 4 is 6.03 Å². The van der Waals surface area contributed by atoms with Crippen molar-refractivity contribution in [3.63, 3.8) is 0 Å². The molecule has 0 bridgehead atoms. The molecule has 1 aliphatic rings. The minimum absolute atomic E-state index is 0.0198. The van der Waals surface area contributed by atoms with Crippen LogP contribution in [0, 0.1) is 0 Å². The molecule has 78 valence electrons. The molecule has 1 heterocycles. The second kappa shape index (κ2) is 3.77. The third kappa shape index (κ3) is 1.73. The van der Waals surface area contributed by atoms with E-state index in [2.05, 4.69) is 0 Å². The van der Waals surface area contributed by atoms with Gasteiger partial charge >= 0.3 is 6.03 Å². The highest BCUT2D eigenvalue weighted by molar-refractivity contribution is 5.77. The molecule has 0 radical (unpaired) electrons. The second-order valence-corrected chi connectivity index (χ2v) is 3.70. The van der Waals surface area contributed by atoms with Crippen molar-refractivity contribution < 1.29 is 4.79 Å². The molecule has 0 N–H and O–H groups in total. The number of carbonyl (C=O) groups is 1. The van der Waals surface area contributed by atoms with E-state index in [1.807, 2.05) is 49.7 Å². The first-order chi connectivity index (χ1) is 7.20. The summed E-state index contributed by atoms with van der Waals surface area (Å²) >= 11 is 0. The highest BCUT2D eigenvalue weighted by Crippen LogP contribution is 2.24. The number of likely N-dealkylation sites (N-methyl/N-ethyl adjacent to an activating group) is 1. The standard InChI is InChI=1S/C12H14N2O/c1-13-9-8-11(14(2)12(13)15)10-6-4-3-5-7-10/h3-9,11H,1-2H3. The molecule has 15 heavy (non-hydrogen) atoms. The van der Waals surface area contributed by atoms with Crippen molar-refractivity contribution in [1.29, 1.82) is 0 Å². The highest BCUT2D eigenvalue weighted by atomic mass is 16.2. The lowest BCUT2D eigenvalue weighted by molar-refractivity contribution is 0.171. The molecule has 1 atom stereocenters. The molecule has 0 spiro atoms. The van der Waals surface area contributed by atoms with Gasteiger partial charge in [0, 0.05) is 20.3 Å². The van der Waals surface area contributed by atoms with Crippen molar-refractivity contribution in [3.8, 4) is 0 Å². The topological polar surface area (TPSA) is 23.6 Å². The molecule has 0 fully saturated rings. The van der Waals surface area contributed by atoms with E-state index in [0.29, 0.717) is 0 Å². The van der Waals surface area contributed by atoms with Gasteiger partial charge in [0.15, 0.2) is 0 Å². The van der Waals surface area contributed by atoms with Gasteiger partial charge in [-0.2, -0.15) is 0 Å². The maximum absolute atomic E-state index is 11.7. The first-order valence-electron chi connectivity index (χ1n) is 4.93. The van der Waals surface area contributed by atoms with Crippen LogP contribution in [0.4, 0.5) is 4.79 Å². The Labute approximate surface area is 89.6 Å². The second-order valence-electron chi connectivity index (χ2n) is 3.70. The molecule has 3 nitrogen and oxygen atoms in total. The summed E-state index contributed by atoms with van der Waals surface area (Å²) in [5.41, 5.74) is 1.14. The Hall–Kier alpha value is -1.77. The molecule has 2 amide bonds. The van der Waals surface area contributed by atoms with Gasteiger partial charge in [0.05, 0.1) is 6.04 Å². The van der Waals surface area contributed by atoms with Crippen LogP contribution in [0.25, 0.3) is 0 Å². The van der Waals surface area contributed by atoms with Crippen LogP contribution in [0.3, 0.4) is 0 Å². The zero-order valence-electron chi connectivity index (χ0n) is 8.92. The van der Waals surface area contributed by atoms with Gasteiger partial charge in [-0.3, -0.25) is 0 Å². The zero-order chi connectivity index (χ0) is 10.8. The first kappa shape index (κ1) is 9.77. The van der Waals surface area contributed by atoms with Crippen LogP contribution in [0.15, 0.2) is 42.6 Å². The Bertz CT molecular complexity index is 386. The van der Waals surface area contributed by atoms with Crippen LogP contribution >= 0.6 is 0 Å². The van der Waals surface area contributed by atoms with E-state index >= 15 is 0 Å². The molecular weight excluding hydrogens is 188 g/mol. The van der Waals surface area contributed by atoms with Crippen molar-refractivity contribution in [2.45, 2.75) is 6.04 Å². The summed E-state index contributed by atoms with van der Waals surface area (Å²) in [6.45, 7) is 0. The van der Waals surface area contributed by atoms with Gasteiger partial charge in [-0.15, -0.1) is 0 Å². The van der Waals surface area contributed by atoms with Gasteiger partial charge in [0.1, 0.15) is 0 Å². The van der Waals surface area contributed by atoms with Crippen molar-refractivity contribution in [3.05, 3.63) is 48.2 Å². The van der Waals surface area contributed by atoms with Gasteiger partial charge in [0.25, 0.3) is 0 Å². The first-order valence-corrected chi connectivity index (χ1v) is 4.93. The number of hydrogen-bond acceptors (Lipinski definition) is 1. The molecule has 1 aromatic rings. The molecule has 1 aromatic carbocycles. The van der Waals surface area contributed by atoms with Crippen LogP contribution < -0.4 is 0 Å². The van der Waals surface area contributed by atoms with Crippen molar-refractivity contribution in [2.75, 3.05) is 14.1 Å². The van der Waals surface area contributed by atoms with E-state index in [-0.39, 0.29) is 12.1 Å². The minimum Gasteiger partial charge on any atom is -0.317 e. The van der Waals surface area contributed by atoms with Gasteiger partial charge in [-0.25, -0.2) is 4.79 Å². The van der Waals surface area contributed by atoms with Crippen molar-refractivity contribution in [2.24, 2.45) is 0 Å².